The summed E-state index contributed by atoms with van der Waals surface area (Å²) in [5.74, 6) is 0.644. The molecule has 2 amide bonds. The van der Waals surface area contributed by atoms with Gasteiger partial charge >= 0.3 is 6.03 Å². The normalized spacial score (nSPS) is 24.0. The molecule has 0 bridgehead atoms. The Labute approximate surface area is 135 Å². The van der Waals surface area contributed by atoms with E-state index in [9.17, 15) is 4.79 Å². The predicted molar refractivity (Wildman–Crippen MR) is 89.0 cm³/mol. The van der Waals surface area contributed by atoms with Gasteiger partial charge in [0.2, 0.25) is 0 Å². The summed E-state index contributed by atoms with van der Waals surface area (Å²) in [5, 5.41) is 6.24. The van der Waals surface area contributed by atoms with Crippen molar-refractivity contribution in [3.63, 3.8) is 0 Å². The molecule has 0 spiro atoms. The van der Waals surface area contributed by atoms with Crippen molar-refractivity contribution in [2.24, 2.45) is 5.92 Å². The molecule has 2 rings (SSSR count). The smallest absolute Gasteiger partial charge is 0.315 e. The second-order valence-electron chi connectivity index (χ2n) is 7.24. The molecule has 0 aromatic rings. The van der Waals surface area contributed by atoms with E-state index in [1.165, 1.54) is 32.1 Å². The average molecular weight is 311 g/mol. The minimum Gasteiger partial charge on any atom is -0.381 e. The van der Waals surface area contributed by atoms with Crippen LogP contribution in [0.15, 0.2) is 0 Å². The molecule has 1 heterocycles. The Kier molecular flexibility index (Phi) is 6.50. The van der Waals surface area contributed by atoms with Crippen LogP contribution in [0.25, 0.3) is 0 Å². The Balaban J connectivity index is 1.78. The van der Waals surface area contributed by atoms with Crippen molar-refractivity contribution in [1.29, 1.82) is 0 Å². The van der Waals surface area contributed by atoms with Crippen LogP contribution in [0.3, 0.4) is 0 Å². The van der Waals surface area contributed by atoms with Gasteiger partial charge in [-0.05, 0) is 52.6 Å². The number of likely N-dealkylation sites (N-methyl/N-ethyl adjacent to an activating group) is 1. The first-order valence-electron chi connectivity index (χ1n) is 8.83. The highest BCUT2D eigenvalue weighted by Gasteiger charge is 2.35. The fourth-order valence-corrected chi connectivity index (χ4v) is 3.79. The number of hydrogen-bond donors (Lipinski definition) is 2. The van der Waals surface area contributed by atoms with E-state index in [4.69, 9.17) is 4.74 Å². The van der Waals surface area contributed by atoms with Crippen LogP contribution in [0, 0.1) is 5.92 Å². The van der Waals surface area contributed by atoms with Crippen molar-refractivity contribution in [2.75, 3.05) is 33.9 Å². The number of urea groups is 1. The van der Waals surface area contributed by atoms with Crippen LogP contribution in [-0.2, 0) is 4.74 Å². The molecule has 5 nitrogen and oxygen atoms in total. The molecular weight excluding hydrogens is 278 g/mol. The number of rotatable bonds is 5. The molecule has 1 atom stereocenters. The second kappa shape index (κ2) is 8.16. The first-order valence-corrected chi connectivity index (χ1v) is 8.83. The molecule has 2 N–H and O–H groups in total. The number of hydrogen-bond acceptors (Lipinski definition) is 3. The highest BCUT2D eigenvalue weighted by atomic mass is 16.5. The first kappa shape index (κ1) is 17.5. The van der Waals surface area contributed by atoms with Gasteiger partial charge in [0.25, 0.3) is 0 Å². The van der Waals surface area contributed by atoms with E-state index >= 15 is 0 Å². The number of amides is 2. The van der Waals surface area contributed by atoms with Crippen LogP contribution in [-0.4, -0.2) is 56.4 Å². The average Bonchev–Trinajstić information content (AvgIpc) is 2.54. The van der Waals surface area contributed by atoms with E-state index in [2.05, 4.69) is 36.6 Å². The molecule has 2 fully saturated rings. The zero-order valence-corrected chi connectivity index (χ0v) is 14.5. The summed E-state index contributed by atoms with van der Waals surface area (Å²) >= 11 is 0. The monoisotopic (exact) mass is 311 g/mol. The third-order valence-electron chi connectivity index (χ3n) is 5.67. The van der Waals surface area contributed by atoms with Crippen molar-refractivity contribution in [2.45, 2.75) is 63.5 Å². The van der Waals surface area contributed by atoms with Gasteiger partial charge in [-0.3, -0.25) is 0 Å². The number of nitrogens with zero attached hydrogens (tertiary/aromatic N) is 1. The Bertz CT molecular complexity index is 348. The van der Waals surface area contributed by atoms with E-state index in [1.54, 1.807) is 0 Å². The summed E-state index contributed by atoms with van der Waals surface area (Å²) in [7, 11) is 4.19. The van der Waals surface area contributed by atoms with Gasteiger partial charge in [0, 0.05) is 31.3 Å². The lowest BCUT2D eigenvalue weighted by molar-refractivity contribution is -0.00577. The van der Waals surface area contributed by atoms with Crippen molar-refractivity contribution < 1.29 is 9.53 Å². The number of carbonyl (C=O) groups is 1. The van der Waals surface area contributed by atoms with Crippen LogP contribution in [0.2, 0.25) is 0 Å². The van der Waals surface area contributed by atoms with Crippen molar-refractivity contribution in [3.05, 3.63) is 0 Å². The van der Waals surface area contributed by atoms with Gasteiger partial charge in [-0.25, -0.2) is 4.79 Å². The molecule has 1 aliphatic carbocycles. The SMILES string of the molecule is CC(NC(=O)NCC1(N(C)C)CCOCC1)C1CCCCC1. The van der Waals surface area contributed by atoms with Gasteiger partial charge in [-0.2, -0.15) is 0 Å². The maximum absolute atomic E-state index is 12.2. The Morgan fingerprint density at radius 2 is 1.86 bits per heavy atom. The zero-order chi connectivity index (χ0) is 16.0. The third kappa shape index (κ3) is 4.59. The molecule has 2 aliphatic rings. The molecule has 1 aliphatic heterocycles. The van der Waals surface area contributed by atoms with Crippen LogP contribution in [0.1, 0.15) is 51.9 Å². The predicted octanol–water partition coefficient (Wildman–Crippen LogP) is 2.37. The minimum absolute atomic E-state index is 0.0224. The molecule has 1 saturated heterocycles. The van der Waals surface area contributed by atoms with Crippen molar-refractivity contribution in [3.8, 4) is 0 Å². The van der Waals surface area contributed by atoms with Gasteiger partial charge in [0.15, 0.2) is 0 Å². The molecule has 1 saturated carbocycles. The number of nitrogens with one attached hydrogen (secondary N) is 2. The van der Waals surface area contributed by atoms with Crippen LogP contribution in [0.4, 0.5) is 4.79 Å². The van der Waals surface area contributed by atoms with E-state index in [0.717, 1.165) is 26.1 Å². The van der Waals surface area contributed by atoms with Crippen LogP contribution < -0.4 is 10.6 Å². The summed E-state index contributed by atoms with van der Waals surface area (Å²) in [6.07, 6.45) is 8.41. The summed E-state index contributed by atoms with van der Waals surface area (Å²) < 4.78 is 5.47. The highest BCUT2D eigenvalue weighted by molar-refractivity contribution is 5.74. The van der Waals surface area contributed by atoms with Crippen LogP contribution in [0.5, 0.6) is 0 Å². The molecule has 0 aromatic heterocycles. The quantitative estimate of drug-likeness (QED) is 0.819. The Hall–Kier alpha value is -0.810. The molecule has 22 heavy (non-hydrogen) atoms. The Morgan fingerprint density at radius 1 is 1.23 bits per heavy atom. The third-order valence-corrected chi connectivity index (χ3v) is 5.67. The summed E-state index contributed by atoms with van der Waals surface area (Å²) in [6.45, 7) is 4.39. The number of ether oxygens (including phenoxy) is 1. The topological polar surface area (TPSA) is 53.6 Å². The molecule has 0 radical (unpaired) electrons. The molecule has 0 aromatic carbocycles. The van der Waals surface area contributed by atoms with E-state index in [1.807, 2.05) is 0 Å². The molecule has 1 unspecified atom stereocenters. The van der Waals surface area contributed by atoms with E-state index in [-0.39, 0.29) is 17.6 Å². The summed E-state index contributed by atoms with van der Waals surface area (Å²) in [5.41, 5.74) is 0.0314. The standard InChI is InChI=1S/C17H33N3O2/c1-14(15-7-5-4-6-8-15)19-16(21)18-13-17(20(2)3)9-11-22-12-10-17/h14-15H,4-13H2,1-3H3,(H2,18,19,21). The van der Waals surface area contributed by atoms with Crippen LogP contribution >= 0.6 is 0 Å². The lowest BCUT2D eigenvalue weighted by Gasteiger charge is -2.43. The van der Waals surface area contributed by atoms with Gasteiger partial charge in [-0.15, -0.1) is 0 Å². The van der Waals surface area contributed by atoms with Gasteiger partial charge < -0.3 is 20.3 Å². The maximum atomic E-state index is 12.2. The highest BCUT2D eigenvalue weighted by Crippen LogP contribution is 2.27. The van der Waals surface area contributed by atoms with E-state index < -0.39 is 0 Å². The fraction of sp³-hybridized carbons (Fsp3) is 0.941. The van der Waals surface area contributed by atoms with Gasteiger partial charge in [0.1, 0.15) is 0 Å². The van der Waals surface area contributed by atoms with Gasteiger partial charge in [0.05, 0.1) is 0 Å². The second-order valence-corrected chi connectivity index (χ2v) is 7.24. The zero-order valence-electron chi connectivity index (χ0n) is 14.5. The van der Waals surface area contributed by atoms with Crippen molar-refractivity contribution >= 4 is 6.03 Å². The number of carbonyl (C=O) groups excluding carboxylic acids is 1. The first-order chi connectivity index (χ1) is 10.5. The van der Waals surface area contributed by atoms with E-state index in [0.29, 0.717) is 12.5 Å². The maximum Gasteiger partial charge on any atom is 0.315 e. The molecule has 5 heteroatoms. The molecule has 128 valence electrons. The lowest BCUT2D eigenvalue weighted by Crippen LogP contribution is -2.57. The van der Waals surface area contributed by atoms with Crippen molar-refractivity contribution in [1.82, 2.24) is 15.5 Å². The fourth-order valence-electron chi connectivity index (χ4n) is 3.79. The summed E-state index contributed by atoms with van der Waals surface area (Å²) in [6, 6.07) is 0.246. The molecular formula is C17H33N3O2. The Morgan fingerprint density at radius 3 is 2.45 bits per heavy atom. The summed E-state index contributed by atoms with van der Waals surface area (Å²) in [4.78, 5) is 14.5. The largest absolute Gasteiger partial charge is 0.381 e. The minimum atomic E-state index is -0.0224. The van der Waals surface area contributed by atoms with Gasteiger partial charge in [-0.1, -0.05) is 19.3 Å². The lowest BCUT2D eigenvalue weighted by atomic mass is 9.84.